The van der Waals surface area contributed by atoms with Crippen LogP contribution in [0.1, 0.15) is 17.0 Å². The van der Waals surface area contributed by atoms with E-state index in [1.54, 1.807) is 18.6 Å². The minimum atomic E-state index is -0.375. The van der Waals surface area contributed by atoms with Gasteiger partial charge >= 0.3 is 0 Å². The number of carbonyl (C=O) groups is 1. The number of benzene rings is 1. The van der Waals surface area contributed by atoms with E-state index in [1.807, 2.05) is 37.3 Å². The van der Waals surface area contributed by atoms with Gasteiger partial charge < -0.3 is 20.8 Å². The number of primary amides is 1. The first-order valence-corrected chi connectivity index (χ1v) is 10.1. The number of nitrogens with one attached hydrogen (secondary N) is 2. The first kappa shape index (κ1) is 20.1. The number of aryl methyl sites for hydroxylation is 1. The molecular formula is C22H26N6O2. The van der Waals surface area contributed by atoms with E-state index in [0.29, 0.717) is 18.3 Å². The van der Waals surface area contributed by atoms with Crippen LogP contribution >= 0.6 is 0 Å². The number of hydrogen-bond donors (Lipinski definition) is 3. The normalized spacial score (nSPS) is 15.6. The zero-order valence-electron chi connectivity index (χ0n) is 17.0. The topological polar surface area (TPSA) is 109 Å². The highest BCUT2D eigenvalue weighted by atomic mass is 16.4. The lowest BCUT2D eigenvalue weighted by Gasteiger charge is -2.30. The van der Waals surface area contributed by atoms with Gasteiger partial charge in [-0.15, -0.1) is 0 Å². The molecule has 0 radical (unpaired) electrons. The van der Waals surface area contributed by atoms with E-state index in [-0.39, 0.29) is 11.8 Å². The first-order valence-electron chi connectivity index (χ1n) is 10.1. The van der Waals surface area contributed by atoms with Crippen LogP contribution < -0.4 is 16.4 Å². The summed E-state index contributed by atoms with van der Waals surface area (Å²) in [4.78, 5) is 22.9. The predicted octanol–water partition coefficient (Wildman–Crippen LogP) is 2.26. The molecule has 1 fully saturated rings. The quantitative estimate of drug-likeness (QED) is 0.552. The van der Waals surface area contributed by atoms with Crippen molar-refractivity contribution in [1.29, 1.82) is 0 Å². The fourth-order valence-electron chi connectivity index (χ4n) is 3.59. The van der Waals surface area contributed by atoms with Crippen LogP contribution in [0.25, 0.3) is 11.3 Å². The minimum absolute atomic E-state index is 0.321. The summed E-state index contributed by atoms with van der Waals surface area (Å²) in [5.41, 5.74) is 9.34. The van der Waals surface area contributed by atoms with Crippen LogP contribution in [0, 0.1) is 6.92 Å². The van der Waals surface area contributed by atoms with E-state index in [1.165, 1.54) is 0 Å². The summed E-state index contributed by atoms with van der Waals surface area (Å²) in [6.07, 6.45) is 5.10. The number of pyridine rings is 1. The van der Waals surface area contributed by atoms with E-state index in [4.69, 9.17) is 10.2 Å². The maximum absolute atomic E-state index is 12.2. The summed E-state index contributed by atoms with van der Waals surface area (Å²) < 4.78 is 5.83. The molecule has 3 aromatic rings. The Kier molecular flexibility index (Phi) is 6.06. The summed E-state index contributed by atoms with van der Waals surface area (Å²) in [5.74, 6) is -0.0637. The lowest BCUT2D eigenvalue weighted by molar-refractivity contribution is -0.119. The molecule has 1 saturated heterocycles. The fraction of sp³-hybridized carbons (Fsp3) is 0.318. The Labute approximate surface area is 175 Å². The molecule has 8 nitrogen and oxygen atoms in total. The van der Waals surface area contributed by atoms with Gasteiger partial charge in [-0.1, -0.05) is 12.1 Å². The predicted molar refractivity (Wildman–Crippen MR) is 115 cm³/mol. The Bertz CT molecular complexity index is 998. The number of nitrogens with two attached hydrogens (primary N) is 1. The van der Waals surface area contributed by atoms with E-state index in [0.717, 1.165) is 48.6 Å². The van der Waals surface area contributed by atoms with E-state index in [9.17, 15) is 4.79 Å². The van der Waals surface area contributed by atoms with Crippen molar-refractivity contribution in [3.63, 3.8) is 0 Å². The zero-order valence-corrected chi connectivity index (χ0v) is 17.0. The number of carbonyl (C=O) groups excluding carboxylic acids is 1. The average molecular weight is 406 g/mol. The van der Waals surface area contributed by atoms with Gasteiger partial charge in [0.15, 0.2) is 5.76 Å². The molecule has 1 unspecified atom stereocenters. The number of amides is 1. The van der Waals surface area contributed by atoms with Crippen molar-refractivity contribution < 1.29 is 9.21 Å². The van der Waals surface area contributed by atoms with Crippen molar-refractivity contribution in [2.75, 3.05) is 38.0 Å². The number of aromatic nitrogens is 2. The number of piperazine rings is 1. The molecule has 1 aliphatic rings. The number of rotatable bonds is 7. The maximum atomic E-state index is 12.2. The number of hydrogen-bond acceptors (Lipinski definition) is 7. The van der Waals surface area contributed by atoms with Gasteiger partial charge in [-0.05, 0) is 36.2 Å². The van der Waals surface area contributed by atoms with Gasteiger partial charge in [-0.2, -0.15) is 0 Å². The number of nitrogens with zero attached hydrogens (tertiary/aromatic N) is 3. The van der Waals surface area contributed by atoms with Crippen LogP contribution in [0.4, 0.5) is 11.7 Å². The molecule has 30 heavy (non-hydrogen) atoms. The SMILES string of the molecule is Cc1ccc(C(CN2CCNCC2)C(N)=O)cc1Nc1ncc(-c2cccnc2)o1. The minimum Gasteiger partial charge on any atom is -0.423 e. The molecule has 4 N–H and O–H groups in total. The van der Waals surface area contributed by atoms with Crippen LogP contribution in [0.15, 0.2) is 53.3 Å². The van der Waals surface area contributed by atoms with Gasteiger partial charge in [-0.3, -0.25) is 14.7 Å². The summed E-state index contributed by atoms with van der Waals surface area (Å²) in [6.45, 7) is 6.28. The molecule has 1 atom stereocenters. The van der Waals surface area contributed by atoms with Gasteiger partial charge in [0, 0.05) is 56.4 Å². The van der Waals surface area contributed by atoms with E-state index in [2.05, 4.69) is 25.5 Å². The maximum Gasteiger partial charge on any atom is 0.299 e. The third-order valence-corrected chi connectivity index (χ3v) is 5.35. The van der Waals surface area contributed by atoms with Gasteiger partial charge in [0.2, 0.25) is 5.91 Å². The van der Waals surface area contributed by atoms with Crippen molar-refractivity contribution in [2.45, 2.75) is 12.8 Å². The van der Waals surface area contributed by atoms with Crippen LogP contribution in [-0.4, -0.2) is 53.5 Å². The second kappa shape index (κ2) is 9.06. The van der Waals surface area contributed by atoms with E-state index < -0.39 is 0 Å². The highest BCUT2D eigenvalue weighted by Crippen LogP contribution is 2.28. The molecule has 1 aromatic carbocycles. The molecule has 2 aromatic heterocycles. The highest BCUT2D eigenvalue weighted by molar-refractivity contribution is 5.83. The Morgan fingerprint density at radius 2 is 2.13 bits per heavy atom. The molecule has 156 valence electrons. The van der Waals surface area contributed by atoms with Crippen molar-refractivity contribution >= 4 is 17.6 Å². The monoisotopic (exact) mass is 406 g/mol. The van der Waals surface area contributed by atoms with Crippen molar-refractivity contribution in [1.82, 2.24) is 20.2 Å². The molecule has 0 saturated carbocycles. The molecular weight excluding hydrogens is 380 g/mol. The average Bonchev–Trinajstić information content (AvgIpc) is 3.23. The van der Waals surface area contributed by atoms with Gasteiger partial charge in [-0.25, -0.2) is 4.98 Å². The van der Waals surface area contributed by atoms with Crippen molar-refractivity contribution in [2.24, 2.45) is 5.73 Å². The van der Waals surface area contributed by atoms with Crippen LogP contribution in [-0.2, 0) is 4.79 Å². The number of anilines is 2. The molecule has 3 heterocycles. The van der Waals surface area contributed by atoms with Crippen molar-refractivity contribution in [3.8, 4) is 11.3 Å². The lowest BCUT2D eigenvalue weighted by Crippen LogP contribution is -2.46. The lowest BCUT2D eigenvalue weighted by atomic mass is 9.95. The molecule has 0 aliphatic carbocycles. The van der Waals surface area contributed by atoms with Crippen LogP contribution in [0.5, 0.6) is 0 Å². The Balaban J connectivity index is 1.53. The van der Waals surface area contributed by atoms with Crippen LogP contribution in [0.3, 0.4) is 0 Å². The smallest absolute Gasteiger partial charge is 0.299 e. The summed E-state index contributed by atoms with van der Waals surface area (Å²) >= 11 is 0. The van der Waals surface area contributed by atoms with Gasteiger partial charge in [0.1, 0.15) is 0 Å². The highest BCUT2D eigenvalue weighted by Gasteiger charge is 2.23. The molecule has 0 spiro atoms. The largest absolute Gasteiger partial charge is 0.423 e. The standard InChI is InChI=1S/C22H26N6O2/c1-15-4-5-16(18(21(23)29)14-28-9-7-24-8-10-28)11-19(15)27-22-26-13-20(30-22)17-3-2-6-25-12-17/h2-6,11-13,18,24H,7-10,14H2,1H3,(H2,23,29)(H,26,27). The van der Waals surface area contributed by atoms with E-state index >= 15 is 0 Å². The van der Waals surface area contributed by atoms with Gasteiger partial charge in [0.25, 0.3) is 6.01 Å². The number of oxazole rings is 1. The summed E-state index contributed by atoms with van der Waals surface area (Å²) in [5, 5.41) is 6.55. The summed E-state index contributed by atoms with van der Waals surface area (Å²) in [6, 6.07) is 10.1. The zero-order chi connectivity index (χ0) is 20.9. The van der Waals surface area contributed by atoms with Crippen molar-refractivity contribution in [3.05, 3.63) is 60.0 Å². The Morgan fingerprint density at radius 3 is 2.87 bits per heavy atom. The molecule has 8 heteroatoms. The third kappa shape index (κ3) is 4.67. The third-order valence-electron chi connectivity index (χ3n) is 5.35. The fourth-order valence-corrected chi connectivity index (χ4v) is 3.59. The molecule has 1 aliphatic heterocycles. The second-order valence-electron chi connectivity index (χ2n) is 7.48. The summed E-state index contributed by atoms with van der Waals surface area (Å²) in [7, 11) is 0. The first-order chi connectivity index (χ1) is 14.6. The Morgan fingerprint density at radius 1 is 1.30 bits per heavy atom. The van der Waals surface area contributed by atoms with Crippen LogP contribution in [0.2, 0.25) is 0 Å². The molecule has 0 bridgehead atoms. The molecule has 4 rings (SSSR count). The molecule has 1 amide bonds. The Hall–Kier alpha value is -3.23. The van der Waals surface area contributed by atoms with Gasteiger partial charge in [0.05, 0.1) is 12.1 Å². The second-order valence-corrected chi connectivity index (χ2v) is 7.48.